The zero-order valence-electron chi connectivity index (χ0n) is 34.3. The first-order valence-corrected chi connectivity index (χ1v) is 21.7. The molecule has 5 nitrogen and oxygen atoms in total. The van der Waals surface area contributed by atoms with Crippen LogP contribution in [0.3, 0.4) is 0 Å². The second-order valence-corrected chi connectivity index (χ2v) is 16.7. The Bertz CT molecular complexity index is 4170. The monoisotopic (exact) mass is 814 g/mol. The molecule has 0 aliphatic heterocycles. The molecule has 5 heteroatoms. The van der Waals surface area contributed by atoms with Crippen molar-refractivity contribution in [3.8, 4) is 39.9 Å². The fourth-order valence-electron chi connectivity index (χ4n) is 10.2. The fourth-order valence-corrected chi connectivity index (χ4v) is 10.2. The number of rotatable bonds is 4. The molecule has 14 rings (SSSR count). The van der Waals surface area contributed by atoms with Crippen LogP contribution in [-0.2, 0) is 0 Å². The Kier molecular flexibility index (Phi) is 7.33. The molecule has 0 fully saturated rings. The largest absolute Gasteiger partial charge is 0.454 e. The molecule has 0 bridgehead atoms. The lowest BCUT2D eigenvalue weighted by Crippen LogP contribution is -2.02. The summed E-state index contributed by atoms with van der Waals surface area (Å²) < 4.78 is 9.49. The number of benzene rings is 11. The third kappa shape index (κ3) is 5.15. The van der Waals surface area contributed by atoms with E-state index in [1.807, 2.05) is 0 Å². The van der Waals surface area contributed by atoms with Crippen molar-refractivity contribution in [2.45, 2.75) is 0 Å². The highest BCUT2D eigenvalue weighted by Gasteiger charge is 2.24. The second kappa shape index (κ2) is 13.4. The van der Waals surface area contributed by atoms with E-state index in [9.17, 15) is 0 Å². The predicted octanol–water partition coefficient (Wildman–Crippen LogP) is 15.6. The van der Waals surface area contributed by atoms with Crippen LogP contribution in [0.15, 0.2) is 211 Å². The van der Waals surface area contributed by atoms with Crippen molar-refractivity contribution in [3.05, 3.63) is 206 Å². The number of hydrogen-bond donors (Lipinski definition) is 0. The van der Waals surface area contributed by atoms with Gasteiger partial charge in [-0.1, -0.05) is 170 Å². The molecule has 0 saturated heterocycles. The topological polar surface area (TPSA) is 56.7 Å². The van der Waals surface area contributed by atoms with Gasteiger partial charge in [0.05, 0.1) is 16.7 Å². The van der Waals surface area contributed by atoms with Crippen LogP contribution in [0.1, 0.15) is 0 Å². The lowest BCUT2D eigenvalue weighted by Gasteiger charge is -2.14. The molecule has 14 aromatic rings. The Hall–Kier alpha value is -8.67. The first-order chi connectivity index (χ1) is 31.7. The molecule has 0 saturated carbocycles. The average molecular weight is 815 g/mol. The van der Waals surface area contributed by atoms with Crippen LogP contribution in [0.4, 0.5) is 0 Å². The van der Waals surface area contributed by atoms with Crippen molar-refractivity contribution < 1.29 is 4.42 Å². The zero-order chi connectivity index (χ0) is 41.9. The third-order valence-electron chi connectivity index (χ3n) is 13.2. The Labute approximate surface area is 366 Å². The van der Waals surface area contributed by atoms with Gasteiger partial charge < -0.3 is 8.98 Å². The summed E-state index contributed by atoms with van der Waals surface area (Å²) in [6.45, 7) is 0. The standard InChI is InChI=1S/C59H34N4O/c1-2-18-40-33-51-48(31-39(40)17-1)54-44-23-9-5-15-37(44)27-29-50(54)63(51)52-34-41(32-49-55-45-24-10-6-16-38(45)28-30-53(55)64-56(49)52)57-60-58(46-25-11-19-35-13-3-7-21-42(35)46)62-59(61-57)47-26-12-20-36-14-4-8-22-43(36)47/h1-34H. The van der Waals surface area contributed by atoms with E-state index < -0.39 is 0 Å². The van der Waals surface area contributed by atoms with Crippen molar-refractivity contribution in [1.82, 2.24) is 19.5 Å². The van der Waals surface area contributed by atoms with Gasteiger partial charge in [-0.2, -0.15) is 0 Å². The molecule has 296 valence electrons. The molecular formula is C59H34N4O. The van der Waals surface area contributed by atoms with Crippen LogP contribution in [-0.4, -0.2) is 19.5 Å². The summed E-state index contributed by atoms with van der Waals surface area (Å²) in [4.78, 5) is 16.2. The fraction of sp³-hybridized carbons (Fsp3) is 0. The normalized spacial score (nSPS) is 12.1. The number of furan rings is 1. The van der Waals surface area contributed by atoms with Gasteiger partial charge in [0.15, 0.2) is 23.1 Å². The van der Waals surface area contributed by atoms with Gasteiger partial charge in [0, 0.05) is 38.2 Å². The molecule has 3 heterocycles. The first kappa shape index (κ1) is 35.0. The van der Waals surface area contributed by atoms with E-state index in [0.29, 0.717) is 17.5 Å². The van der Waals surface area contributed by atoms with Crippen molar-refractivity contribution in [3.63, 3.8) is 0 Å². The Morgan fingerprint density at radius 3 is 1.47 bits per heavy atom. The van der Waals surface area contributed by atoms with Gasteiger partial charge >= 0.3 is 0 Å². The SMILES string of the molecule is c1ccc2cc3c(cc2c1)c1c2ccccc2ccc1n3-c1cc(-c2nc(-c3cccc4ccccc34)nc(-c3cccc4ccccc34)n2)cc2c1oc1ccc3ccccc3c12. The Morgan fingerprint density at radius 1 is 0.328 bits per heavy atom. The van der Waals surface area contributed by atoms with Crippen molar-refractivity contribution in [1.29, 1.82) is 0 Å². The smallest absolute Gasteiger partial charge is 0.164 e. The maximum Gasteiger partial charge on any atom is 0.164 e. The summed E-state index contributed by atoms with van der Waals surface area (Å²) in [5, 5.41) is 15.9. The molecule has 11 aromatic carbocycles. The van der Waals surface area contributed by atoms with Gasteiger partial charge in [0.1, 0.15) is 5.58 Å². The van der Waals surface area contributed by atoms with Crippen LogP contribution in [0.2, 0.25) is 0 Å². The summed E-state index contributed by atoms with van der Waals surface area (Å²) in [6.07, 6.45) is 0. The molecule has 3 aromatic heterocycles. The quantitative estimate of drug-likeness (QED) is 0.178. The van der Waals surface area contributed by atoms with E-state index in [1.165, 1.54) is 32.3 Å². The minimum Gasteiger partial charge on any atom is -0.454 e. The molecule has 0 atom stereocenters. The van der Waals surface area contributed by atoms with Gasteiger partial charge in [-0.05, 0) is 90.3 Å². The zero-order valence-corrected chi connectivity index (χ0v) is 34.3. The van der Waals surface area contributed by atoms with Crippen molar-refractivity contribution >= 4 is 97.6 Å². The maximum absolute atomic E-state index is 7.09. The van der Waals surface area contributed by atoms with Crippen LogP contribution >= 0.6 is 0 Å². The molecule has 0 spiro atoms. The highest BCUT2D eigenvalue weighted by Crippen LogP contribution is 2.45. The second-order valence-electron chi connectivity index (χ2n) is 16.7. The molecule has 0 aliphatic rings. The van der Waals surface area contributed by atoms with E-state index in [-0.39, 0.29) is 0 Å². The summed E-state index contributed by atoms with van der Waals surface area (Å²) in [6, 6.07) is 73.3. The van der Waals surface area contributed by atoms with Gasteiger partial charge in [0.2, 0.25) is 0 Å². The number of aromatic nitrogens is 4. The van der Waals surface area contributed by atoms with Crippen molar-refractivity contribution in [2.24, 2.45) is 0 Å². The van der Waals surface area contributed by atoms with Gasteiger partial charge in [-0.25, -0.2) is 15.0 Å². The number of nitrogens with zero attached hydrogens (tertiary/aromatic N) is 4. The molecular weight excluding hydrogens is 781 g/mol. The van der Waals surface area contributed by atoms with E-state index in [2.05, 4.69) is 211 Å². The lowest BCUT2D eigenvalue weighted by atomic mass is 10.0. The van der Waals surface area contributed by atoms with Crippen LogP contribution in [0.25, 0.3) is 137 Å². The highest BCUT2D eigenvalue weighted by molar-refractivity contribution is 6.25. The molecule has 0 amide bonds. The molecule has 0 N–H and O–H groups in total. The number of fused-ring (bicyclic) bond motifs is 13. The van der Waals surface area contributed by atoms with Crippen LogP contribution < -0.4 is 0 Å². The van der Waals surface area contributed by atoms with Gasteiger partial charge in [0.25, 0.3) is 0 Å². The summed E-state index contributed by atoms with van der Waals surface area (Å²) >= 11 is 0. The van der Waals surface area contributed by atoms with Gasteiger partial charge in [-0.3, -0.25) is 0 Å². The minimum atomic E-state index is 0.579. The van der Waals surface area contributed by atoms with Crippen LogP contribution in [0.5, 0.6) is 0 Å². The lowest BCUT2D eigenvalue weighted by molar-refractivity contribution is 0.666. The van der Waals surface area contributed by atoms with E-state index >= 15 is 0 Å². The Morgan fingerprint density at radius 2 is 0.828 bits per heavy atom. The molecule has 0 aliphatic carbocycles. The third-order valence-corrected chi connectivity index (χ3v) is 13.2. The van der Waals surface area contributed by atoms with E-state index in [4.69, 9.17) is 19.4 Å². The predicted molar refractivity (Wildman–Crippen MR) is 265 cm³/mol. The maximum atomic E-state index is 7.09. The minimum absolute atomic E-state index is 0.579. The highest BCUT2D eigenvalue weighted by atomic mass is 16.3. The van der Waals surface area contributed by atoms with E-state index in [0.717, 1.165) is 87.7 Å². The van der Waals surface area contributed by atoms with Crippen molar-refractivity contribution in [2.75, 3.05) is 0 Å². The summed E-state index contributed by atoms with van der Waals surface area (Å²) in [5.74, 6) is 1.81. The molecule has 0 unspecified atom stereocenters. The number of hydrogen-bond acceptors (Lipinski definition) is 4. The molecule has 64 heavy (non-hydrogen) atoms. The van der Waals surface area contributed by atoms with E-state index in [1.54, 1.807) is 0 Å². The first-order valence-electron chi connectivity index (χ1n) is 21.7. The summed E-state index contributed by atoms with van der Waals surface area (Å²) in [5.41, 5.74) is 7.49. The Balaban J connectivity index is 1.14. The summed E-state index contributed by atoms with van der Waals surface area (Å²) in [7, 11) is 0. The molecule has 0 radical (unpaired) electrons. The van der Waals surface area contributed by atoms with Crippen LogP contribution in [0, 0.1) is 0 Å². The average Bonchev–Trinajstić information content (AvgIpc) is 3.90. The van der Waals surface area contributed by atoms with Gasteiger partial charge in [-0.15, -0.1) is 0 Å².